The number of rotatable bonds is 7. The van der Waals surface area contributed by atoms with Crippen molar-refractivity contribution in [3.05, 3.63) is 23.8 Å². The fourth-order valence-electron chi connectivity index (χ4n) is 2.71. The Balaban J connectivity index is 2.34. The minimum absolute atomic E-state index is 0.232. The summed E-state index contributed by atoms with van der Waals surface area (Å²) >= 11 is 0. The molecule has 0 bridgehead atoms. The van der Waals surface area contributed by atoms with E-state index in [4.69, 9.17) is 14.2 Å². The molecule has 0 aromatic heterocycles. The highest BCUT2D eigenvalue weighted by Gasteiger charge is 2.35. The summed E-state index contributed by atoms with van der Waals surface area (Å²) in [7, 11) is 3.14. The molecule has 2 amide bonds. The number of nitrogens with zero attached hydrogens (tertiary/aromatic N) is 1. The highest BCUT2D eigenvalue weighted by molar-refractivity contribution is 5.97. The molecule has 1 saturated heterocycles. The summed E-state index contributed by atoms with van der Waals surface area (Å²) in [6.45, 7) is 2.63. The van der Waals surface area contributed by atoms with Gasteiger partial charge < -0.3 is 14.2 Å². The van der Waals surface area contributed by atoms with Gasteiger partial charge in [0.05, 0.1) is 26.7 Å². The number of amides is 2. The third-order valence-corrected chi connectivity index (χ3v) is 3.99. The van der Waals surface area contributed by atoms with Crippen LogP contribution in [-0.2, 0) is 9.53 Å². The molecule has 126 valence electrons. The molecular formula is C17H23NO5. The Hall–Kier alpha value is -2.24. The van der Waals surface area contributed by atoms with Crippen LogP contribution in [0.5, 0.6) is 11.5 Å². The number of methoxy groups -OCH3 is 2. The first kappa shape index (κ1) is 17.1. The van der Waals surface area contributed by atoms with E-state index in [1.807, 2.05) is 6.07 Å². The smallest absolute Gasteiger partial charge is 0.416 e. The van der Waals surface area contributed by atoms with E-state index < -0.39 is 12.0 Å². The van der Waals surface area contributed by atoms with Crippen LogP contribution in [0, 0.1) is 0 Å². The van der Waals surface area contributed by atoms with Crippen LogP contribution in [-0.4, -0.2) is 44.3 Å². The number of carbonyl (C=O) groups excluding carboxylic acids is 2. The maximum Gasteiger partial charge on any atom is 0.416 e. The van der Waals surface area contributed by atoms with Crippen molar-refractivity contribution < 1.29 is 23.8 Å². The van der Waals surface area contributed by atoms with Crippen molar-refractivity contribution in [3.8, 4) is 11.5 Å². The average molecular weight is 321 g/mol. The Bertz CT molecular complexity index is 572. The lowest BCUT2D eigenvalue weighted by Gasteiger charge is -2.22. The Morgan fingerprint density at radius 2 is 2.13 bits per heavy atom. The number of hydrogen-bond acceptors (Lipinski definition) is 5. The topological polar surface area (TPSA) is 65.1 Å². The number of cyclic esters (lactones) is 1. The van der Waals surface area contributed by atoms with Gasteiger partial charge in [0.25, 0.3) is 0 Å². The molecule has 6 nitrogen and oxygen atoms in total. The fourth-order valence-corrected chi connectivity index (χ4v) is 2.71. The van der Waals surface area contributed by atoms with Crippen LogP contribution in [0.4, 0.5) is 4.79 Å². The van der Waals surface area contributed by atoms with Crippen molar-refractivity contribution in [2.45, 2.75) is 32.1 Å². The molecule has 1 aromatic rings. The zero-order valence-corrected chi connectivity index (χ0v) is 13.8. The van der Waals surface area contributed by atoms with E-state index in [-0.39, 0.29) is 12.5 Å². The van der Waals surface area contributed by atoms with E-state index in [1.165, 1.54) is 4.90 Å². The molecule has 0 spiro atoms. The summed E-state index contributed by atoms with van der Waals surface area (Å²) in [4.78, 5) is 25.7. The largest absolute Gasteiger partial charge is 0.497 e. The predicted molar refractivity (Wildman–Crippen MR) is 84.9 cm³/mol. The fraction of sp³-hybridized carbons (Fsp3) is 0.529. The highest BCUT2D eigenvalue weighted by Crippen LogP contribution is 2.35. The third kappa shape index (κ3) is 3.75. The van der Waals surface area contributed by atoms with Gasteiger partial charge in [0.2, 0.25) is 5.91 Å². The molecule has 6 heteroatoms. The molecule has 23 heavy (non-hydrogen) atoms. The second kappa shape index (κ2) is 7.85. The maximum absolute atomic E-state index is 12.8. The number of benzene rings is 1. The van der Waals surface area contributed by atoms with E-state index in [0.29, 0.717) is 24.5 Å². The van der Waals surface area contributed by atoms with Gasteiger partial charge >= 0.3 is 6.09 Å². The molecule has 1 fully saturated rings. The molecule has 2 rings (SSSR count). The average Bonchev–Trinajstić information content (AvgIpc) is 3.01. The van der Waals surface area contributed by atoms with Gasteiger partial charge in [-0.25, -0.2) is 9.69 Å². The first-order valence-electron chi connectivity index (χ1n) is 7.82. The summed E-state index contributed by atoms with van der Waals surface area (Å²) in [5.41, 5.74) is 0.770. The van der Waals surface area contributed by atoms with Crippen molar-refractivity contribution >= 4 is 12.0 Å². The van der Waals surface area contributed by atoms with Gasteiger partial charge in [-0.15, -0.1) is 0 Å². The van der Waals surface area contributed by atoms with E-state index in [2.05, 4.69) is 6.92 Å². The van der Waals surface area contributed by atoms with E-state index in [1.54, 1.807) is 26.4 Å². The van der Waals surface area contributed by atoms with Gasteiger partial charge in [0.15, 0.2) is 0 Å². The summed E-state index contributed by atoms with van der Waals surface area (Å²) in [6.07, 6.45) is 1.94. The summed E-state index contributed by atoms with van der Waals surface area (Å²) in [5, 5.41) is 0. The molecule has 0 saturated carbocycles. The van der Waals surface area contributed by atoms with Crippen molar-refractivity contribution in [1.82, 2.24) is 4.90 Å². The monoisotopic (exact) mass is 321 g/mol. The molecule has 1 aliphatic rings. The Morgan fingerprint density at radius 3 is 2.70 bits per heavy atom. The van der Waals surface area contributed by atoms with Crippen LogP contribution < -0.4 is 9.47 Å². The van der Waals surface area contributed by atoms with Gasteiger partial charge in [0, 0.05) is 11.6 Å². The van der Waals surface area contributed by atoms with Crippen LogP contribution in [0.2, 0.25) is 0 Å². The first-order valence-corrected chi connectivity index (χ1v) is 7.82. The van der Waals surface area contributed by atoms with Crippen LogP contribution in [0.3, 0.4) is 0 Å². The molecule has 1 unspecified atom stereocenters. The van der Waals surface area contributed by atoms with Gasteiger partial charge in [-0.2, -0.15) is 0 Å². The van der Waals surface area contributed by atoms with Crippen molar-refractivity contribution in [2.24, 2.45) is 0 Å². The van der Waals surface area contributed by atoms with E-state index in [0.717, 1.165) is 18.4 Å². The molecule has 1 heterocycles. The molecular weight excluding hydrogens is 298 g/mol. The van der Waals surface area contributed by atoms with E-state index in [9.17, 15) is 9.59 Å². The summed E-state index contributed by atoms with van der Waals surface area (Å²) < 4.78 is 15.5. The van der Waals surface area contributed by atoms with Crippen molar-refractivity contribution in [3.63, 3.8) is 0 Å². The summed E-state index contributed by atoms with van der Waals surface area (Å²) in [5.74, 6) is 0.588. The minimum atomic E-state index is -0.566. The molecule has 0 aliphatic carbocycles. The number of hydrogen-bond donors (Lipinski definition) is 0. The quantitative estimate of drug-likeness (QED) is 0.772. The van der Waals surface area contributed by atoms with Gasteiger partial charge in [0.1, 0.15) is 18.1 Å². The zero-order chi connectivity index (χ0) is 16.8. The molecule has 0 N–H and O–H groups in total. The zero-order valence-electron chi connectivity index (χ0n) is 13.8. The highest BCUT2D eigenvalue weighted by atomic mass is 16.6. The lowest BCUT2D eigenvalue weighted by atomic mass is 9.91. The van der Waals surface area contributed by atoms with Crippen LogP contribution in [0.15, 0.2) is 18.2 Å². The minimum Gasteiger partial charge on any atom is -0.497 e. The number of ether oxygens (including phenoxy) is 3. The third-order valence-electron chi connectivity index (χ3n) is 3.99. The van der Waals surface area contributed by atoms with Crippen molar-refractivity contribution in [1.29, 1.82) is 0 Å². The second-order valence-corrected chi connectivity index (χ2v) is 5.41. The number of imide groups is 1. The van der Waals surface area contributed by atoms with Crippen LogP contribution in [0.25, 0.3) is 0 Å². The molecule has 1 aromatic carbocycles. The molecule has 1 aliphatic heterocycles. The standard InChI is InChI=1S/C17H23NO5/c1-4-5-6-14(16(19)18-9-10-23-17(18)20)13-8-7-12(21-2)11-15(13)22-3/h7-8,11,14H,4-6,9-10H2,1-3H3. The lowest BCUT2D eigenvalue weighted by Crippen LogP contribution is -2.36. The van der Waals surface area contributed by atoms with Gasteiger partial charge in [-0.1, -0.05) is 25.8 Å². The predicted octanol–water partition coefficient (Wildman–Crippen LogP) is 2.96. The molecule has 0 radical (unpaired) electrons. The normalized spacial score (nSPS) is 15.3. The van der Waals surface area contributed by atoms with Gasteiger partial charge in [-0.05, 0) is 12.5 Å². The summed E-state index contributed by atoms with van der Waals surface area (Å²) in [6, 6.07) is 5.38. The van der Waals surface area contributed by atoms with E-state index >= 15 is 0 Å². The maximum atomic E-state index is 12.8. The number of carbonyl (C=O) groups is 2. The number of unbranched alkanes of at least 4 members (excludes halogenated alkanes) is 1. The Kier molecular flexibility index (Phi) is 5.84. The first-order chi connectivity index (χ1) is 11.1. The Morgan fingerprint density at radius 1 is 1.35 bits per heavy atom. The van der Waals surface area contributed by atoms with Crippen LogP contribution in [0.1, 0.15) is 37.7 Å². The second-order valence-electron chi connectivity index (χ2n) is 5.41. The van der Waals surface area contributed by atoms with Gasteiger partial charge in [-0.3, -0.25) is 4.79 Å². The SMILES string of the molecule is CCCCC(C(=O)N1CCOC1=O)c1ccc(OC)cc1OC. The Labute approximate surface area is 136 Å². The lowest BCUT2D eigenvalue weighted by molar-refractivity contribution is -0.129. The van der Waals surface area contributed by atoms with Crippen molar-refractivity contribution in [2.75, 3.05) is 27.4 Å². The molecule has 1 atom stereocenters. The van der Waals surface area contributed by atoms with Crippen LogP contribution >= 0.6 is 0 Å².